The van der Waals surface area contributed by atoms with Gasteiger partial charge in [0.05, 0.1) is 18.6 Å². The van der Waals surface area contributed by atoms with Gasteiger partial charge in [-0.25, -0.2) is 0 Å². The van der Waals surface area contributed by atoms with Gasteiger partial charge in [0.15, 0.2) is 6.29 Å². The van der Waals surface area contributed by atoms with Crippen LogP contribution in [0.4, 0.5) is 5.69 Å². The fourth-order valence-corrected chi connectivity index (χ4v) is 4.90. The van der Waals surface area contributed by atoms with Crippen LogP contribution in [-0.2, 0) is 28.7 Å². The second-order valence-electron chi connectivity index (χ2n) is 10.5. The molecule has 3 rings (SSSR count). The van der Waals surface area contributed by atoms with Gasteiger partial charge in [-0.1, -0.05) is 18.2 Å². The van der Waals surface area contributed by atoms with Gasteiger partial charge in [-0.3, -0.25) is 19.2 Å². The topological polar surface area (TPSA) is 175 Å². The van der Waals surface area contributed by atoms with Gasteiger partial charge in [-0.15, -0.1) is 0 Å². The zero-order chi connectivity index (χ0) is 29.2. The molecule has 12 nitrogen and oxygen atoms in total. The van der Waals surface area contributed by atoms with Gasteiger partial charge in [0.2, 0.25) is 17.7 Å². The van der Waals surface area contributed by atoms with E-state index in [9.17, 15) is 34.5 Å². The largest absolute Gasteiger partial charge is 0.388 e. The van der Waals surface area contributed by atoms with E-state index in [2.05, 4.69) is 10.6 Å². The van der Waals surface area contributed by atoms with Gasteiger partial charge in [0.25, 0.3) is 0 Å². The molecule has 2 aliphatic rings. The number of benzene rings is 1. The van der Waals surface area contributed by atoms with Crippen molar-refractivity contribution < 1.29 is 44.0 Å². The third-order valence-electron chi connectivity index (χ3n) is 7.34. The highest BCUT2D eigenvalue weighted by molar-refractivity contribution is 5.90. The Morgan fingerprint density at radius 1 is 0.975 bits per heavy atom. The molecular weight excluding hydrogens is 522 g/mol. The van der Waals surface area contributed by atoms with E-state index >= 15 is 0 Å². The summed E-state index contributed by atoms with van der Waals surface area (Å²) in [4.78, 5) is 51.6. The van der Waals surface area contributed by atoms with Crippen molar-refractivity contribution in [3.63, 3.8) is 0 Å². The number of carbonyl (C=O) groups is 4. The molecule has 222 valence electrons. The number of para-hydroxylation sites is 1. The quantitative estimate of drug-likeness (QED) is 0.223. The van der Waals surface area contributed by atoms with Gasteiger partial charge >= 0.3 is 0 Å². The fourth-order valence-electron chi connectivity index (χ4n) is 4.90. The summed E-state index contributed by atoms with van der Waals surface area (Å²) in [6.45, 7) is 3.51. The smallest absolute Gasteiger partial charge is 0.225 e. The number of likely N-dealkylation sites (tertiary alicyclic amines) is 1. The monoisotopic (exact) mass is 563 g/mol. The average Bonchev–Trinajstić information content (AvgIpc) is 2.94. The maximum Gasteiger partial charge on any atom is 0.225 e. The first kappa shape index (κ1) is 31.6. The van der Waals surface area contributed by atoms with Gasteiger partial charge in [0.1, 0.15) is 24.1 Å². The molecule has 0 radical (unpaired) electrons. The van der Waals surface area contributed by atoms with E-state index in [4.69, 9.17) is 9.47 Å². The number of unbranched alkanes of at least 4 members (excludes halogenated alkanes) is 1. The third kappa shape index (κ3) is 9.07. The summed E-state index contributed by atoms with van der Waals surface area (Å²) >= 11 is 0. The molecule has 1 aromatic rings. The molecule has 0 saturated carbocycles. The van der Waals surface area contributed by atoms with Crippen LogP contribution in [-0.4, -0.2) is 101 Å². The zero-order valence-corrected chi connectivity index (χ0v) is 23.0. The van der Waals surface area contributed by atoms with Gasteiger partial charge in [0, 0.05) is 44.1 Å². The Hall–Kier alpha value is -2.90. The lowest BCUT2D eigenvalue weighted by Crippen LogP contribution is -2.57. The minimum Gasteiger partial charge on any atom is -0.388 e. The molecule has 0 spiro atoms. The Bertz CT molecular complexity index is 1010. The Labute approximate surface area is 234 Å². The number of ether oxygens (including phenoxy) is 2. The van der Waals surface area contributed by atoms with Crippen molar-refractivity contribution in [3.05, 3.63) is 30.3 Å². The number of carbonyl (C=O) groups excluding carboxylic acids is 4. The van der Waals surface area contributed by atoms with E-state index in [1.165, 1.54) is 6.92 Å². The Kier molecular flexibility index (Phi) is 12.0. The van der Waals surface area contributed by atoms with Gasteiger partial charge in [-0.2, -0.15) is 0 Å². The molecule has 40 heavy (non-hydrogen) atoms. The minimum absolute atomic E-state index is 0.0215. The molecule has 2 heterocycles. The van der Waals surface area contributed by atoms with E-state index in [0.717, 1.165) is 5.69 Å². The van der Waals surface area contributed by atoms with Gasteiger partial charge < -0.3 is 40.3 Å². The number of aliphatic hydroxyl groups excluding tert-OH is 3. The summed E-state index contributed by atoms with van der Waals surface area (Å²) in [6.07, 6.45) is -4.10. The minimum atomic E-state index is -1.44. The van der Waals surface area contributed by atoms with Crippen molar-refractivity contribution >= 4 is 29.2 Å². The number of ketones is 1. The first-order valence-electron chi connectivity index (χ1n) is 13.8. The van der Waals surface area contributed by atoms with Crippen LogP contribution in [0.5, 0.6) is 0 Å². The van der Waals surface area contributed by atoms with Crippen molar-refractivity contribution in [2.75, 3.05) is 31.6 Å². The van der Waals surface area contributed by atoms with Crippen LogP contribution in [0.1, 0.15) is 46.0 Å². The molecule has 1 aromatic carbocycles. The van der Waals surface area contributed by atoms with Crippen LogP contribution in [0.3, 0.4) is 0 Å². The molecule has 2 fully saturated rings. The van der Waals surface area contributed by atoms with Crippen molar-refractivity contribution in [3.8, 4) is 0 Å². The predicted molar refractivity (Wildman–Crippen MR) is 144 cm³/mol. The summed E-state index contributed by atoms with van der Waals surface area (Å²) in [6, 6.07) is 9.13. The molecule has 12 heteroatoms. The first-order chi connectivity index (χ1) is 19.1. The Morgan fingerprint density at radius 3 is 2.35 bits per heavy atom. The van der Waals surface area contributed by atoms with Crippen LogP contribution in [0.15, 0.2) is 30.3 Å². The fraction of sp³-hybridized carbons (Fsp3) is 0.643. The summed E-state index contributed by atoms with van der Waals surface area (Å²) in [5.74, 6) is -1.71. The number of Topliss-reactive ketones (excluding diaryl/α,β-unsaturated/α-hetero) is 1. The molecule has 2 aliphatic heterocycles. The standard InChI is InChI=1S/C28H41N3O9/c1-17(32)19-14-20(27(38)29-12-13-39-28-26(37)25(36)24(35)18(2)40-28)16-31(15-19)23(34)11-7-6-10-22(33)30-21-8-4-3-5-9-21/h3-5,8-9,18-20,24-26,28,35-37H,6-7,10-16H2,1-2H3,(H,29,38)(H,30,33)/t18-,19+,20-,24+,25+,26-,28+/m0/s1. The molecule has 2 saturated heterocycles. The number of rotatable bonds is 12. The highest BCUT2D eigenvalue weighted by Gasteiger charge is 2.42. The lowest BCUT2D eigenvalue weighted by Gasteiger charge is -2.39. The Balaban J connectivity index is 1.41. The van der Waals surface area contributed by atoms with E-state index in [0.29, 0.717) is 19.3 Å². The van der Waals surface area contributed by atoms with E-state index in [1.807, 2.05) is 18.2 Å². The number of piperidine rings is 1. The Morgan fingerprint density at radius 2 is 1.65 bits per heavy atom. The molecule has 3 amide bonds. The van der Waals surface area contributed by atoms with E-state index < -0.39 is 42.5 Å². The summed E-state index contributed by atoms with van der Waals surface area (Å²) < 4.78 is 10.8. The maximum atomic E-state index is 12.9. The van der Waals surface area contributed by atoms with Crippen LogP contribution in [0.25, 0.3) is 0 Å². The van der Waals surface area contributed by atoms with Gasteiger partial charge in [-0.05, 0) is 45.2 Å². The van der Waals surface area contributed by atoms with E-state index in [1.54, 1.807) is 24.0 Å². The number of nitrogens with one attached hydrogen (secondary N) is 2. The number of aliphatic hydroxyl groups is 3. The second kappa shape index (κ2) is 15.2. The van der Waals surface area contributed by atoms with Crippen molar-refractivity contribution in [1.29, 1.82) is 0 Å². The van der Waals surface area contributed by atoms with Crippen molar-refractivity contribution in [2.24, 2.45) is 11.8 Å². The highest BCUT2D eigenvalue weighted by atomic mass is 16.7. The second-order valence-corrected chi connectivity index (χ2v) is 10.5. The van der Waals surface area contributed by atoms with Crippen molar-refractivity contribution in [2.45, 2.75) is 76.7 Å². The normalized spacial score (nSPS) is 28.5. The summed E-state index contributed by atoms with van der Waals surface area (Å²) in [7, 11) is 0. The SMILES string of the molecule is CC(=O)[C@@H]1C[C@H](C(=O)NCCO[C@@H]2O[C@@H](C)[C@@H](O)[C@@H](O)[C@@H]2O)CN(C(=O)CCCCC(=O)Nc2ccccc2)C1. The van der Waals surface area contributed by atoms with E-state index in [-0.39, 0.29) is 62.6 Å². The predicted octanol–water partition coefficient (Wildman–Crippen LogP) is 0.200. The van der Waals surface area contributed by atoms with Crippen LogP contribution >= 0.6 is 0 Å². The number of hydrogen-bond donors (Lipinski definition) is 5. The van der Waals surface area contributed by atoms with Crippen LogP contribution < -0.4 is 10.6 Å². The van der Waals surface area contributed by atoms with Crippen LogP contribution in [0.2, 0.25) is 0 Å². The zero-order valence-electron chi connectivity index (χ0n) is 23.0. The number of amides is 3. The lowest BCUT2D eigenvalue weighted by molar-refractivity contribution is -0.292. The molecule has 0 unspecified atom stereocenters. The number of nitrogens with zero attached hydrogens (tertiary/aromatic N) is 1. The lowest BCUT2D eigenvalue weighted by atomic mass is 9.86. The molecule has 0 aliphatic carbocycles. The average molecular weight is 564 g/mol. The number of hydrogen-bond acceptors (Lipinski definition) is 9. The molecule has 5 N–H and O–H groups in total. The maximum absolute atomic E-state index is 12.9. The highest BCUT2D eigenvalue weighted by Crippen LogP contribution is 2.25. The molecule has 7 atom stereocenters. The summed E-state index contributed by atoms with van der Waals surface area (Å²) in [5, 5.41) is 35.2. The first-order valence-corrected chi connectivity index (χ1v) is 13.8. The molecule has 0 bridgehead atoms. The molecular formula is C28H41N3O9. The van der Waals surface area contributed by atoms with Crippen LogP contribution in [0, 0.1) is 11.8 Å². The number of anilines is 1. The third-order valence-corrected chi connectivity index (χ3v) is 7.34. The molecule has 0 aromatic heterocycles. The van der Waals surface area contributed by atoms with Crippen molar-refractivity contribution in [1.82, 2.24) is 10.2 Å². The summed E-state index contributed by atoms with van der Waals surface area (Å²) in [5.41, 5.74) is 0.719.